The van der Waals surface area contributed by atoms with E-state index in [-0.39, 0.29) is 29.3 Å². The van der Waals surface area contributed by atoms with Crippen LogP contribution in [0.5, 0.6) is 0 Å². The molecule has 3 aromatic rings. The zero-order valence-electron chi connectivity index (χ0n) is 20.2. The lowest BCUT2D eigenvalue weighted by Gasteiger charge is -2.40. The number of nitrogens with zero attached hydrogens (tertiary/aromatic N) is 4. The van der Waals surface area contributed by atoms with Crippen molar-refractivity contribution in [3.05, 3.63) is 88.0 Å². The van der Waals surface area contributed by atoms with Crippen LogP contribution in [0, 0.1) is 18.7 Å². The van der Waals surface area contributed by atoms with Crippen molar-refractivity contribution in [2.24, 2.45) is 13.0 Å². The van der Waals surface area contributed by atoms with Crippen LogP contribution in [0.25, 0.3) is 0 Å². The fourth-order valence-electron chi connectivity index (χ4n) is 4.94. The van der Waals surface area contributed by atoms with E-state index in [2.05, 4.69) is 17.2 Å². The monoisotopic (exact) mass is 496 g/mol. The molecule has 1 fully saturated rings. The number of aryl methyl sites for hydroxylation is 2. The number of carbonyl (C=O) groups is 2. The summed E-state index contributed by atoms with van der Waals surface area (Å²) < 4.78 is 15.9. The highest BCUT2D eigenvalue weighted by Gasteiger charge is 2.34. The number of aromatic nitrogens is 2. The normalized spacial score (nSPS) is 15.2. The van der Waals surface area contributed by atoms with E-state index in [9.17, 15) is 14.0 Å². The Labute approximate surface area is 210 Å². The molecule has 184 valence electrons. The molecule has 2 heterocycles. The van der Waals surface area contributed by atoms with Crippen molar-refractivity contribution in [2.45, 2.75) is 32.2 Å². The van der Waals surface area contributed by atoms with Crippen molar-refractivity contribution < 1.29 is 14.0 Å². The number of carbonyl (C=O) groups excluding carboxylic acids is 2. The Bertz CT molecular complexity index is 1210. The molecule has 4 rings (SSSR count). The topological polar surface area (TPSA) is 58.4 Å². The van der Waals surface area contributed by atoms with Crippen molar-refractivity contribution >= 4 is 23.4 Å². The lowest BCUT2D eigenvalue weighted by Crippen LogP contribution is -2.48. The van der Waals surface area contributed by atoms with Gasteiger partial charge in [-0.2, -0.15) is 5.10 Å². The summed E-state index contributed by atoms with van der Waals surface area (Å²) in [6.07, 6.45) is 2.14. The van der Waals surface area contributed by atoms with Gasteiger partial charge in [-0.15, -0.1) is 0 Å². The SMILES string of the molecule is Cc1cc(C(=O)N(C)C(Cc2ccccc2)C2CCN(C(=O)c3cc(Cl)ccc3F)CC2)n(C)n1. The summed E-state index contributed by atoms with van der Waals surface area (Å²) >= 11 is 5.99. The predicted molar refractivity (Wildman–Crippen MR) is 134 cm³/mol. The molecular formula is C27H30ClFN4O2. The third-order valence-electron chi connectivity index (χ3n) is 6.86. The average Bonchev–Trinajstić information content (AvgIpc) is 3.21. The van der Waals surface area contributed by atoms with Crippen LogP contribution in [-0.2, 0) is 13.5 Å². The second-order valence-corrected chi connectivity index (χ2v) is 9.66. The average molecular weight is 497 g/mol. The first-order valence-corrected chi connectivity index (χ1v) is 12.2. The zero-order chi connectivity index (χ0) is 25.1. The molecule has 2 aromatic carbocycles. The van der Waals surface area contributed by atoms with Crippen molar-refractivity contribution in [3.8, 4) is 0 Å². The number of rotatable bonds is 6. The maximum absolute atomic E-state index is 14.3. The molecule has 8 heteroatoms. The number of benzene rings is 2. The minimum atomic E-state index is -0.569. The first kappa shape index (κ1) is 24.9. The van der Waals surface area contributed by atoms with Crippen LogP contribution in [0.15, 0.2) is 54.6 Å². The van der Waals surface area contributed by atoms with E-state index in [1.807, 2.05) is 37.1 Å². The maximum Gasteiger partial charge on any atom is 0.272 e. The summed E-state index contributed by atoms with van der Waals surface area (Å²) in [4.78, 5) is 29.9. The van der Waals surface area contributed by atoms with Gasteiger partial charge in [-0.1, -0.05) is 41.9 Å². The molecule has 0 bridgehead atoms. The van der Waals surface area contributed by atoms with Crippen LogP contribution in [0.1, 0.15) is 44.9 Å². The van der Waals surface area contributed by atoms with Crippen molar-refractivity contribution in [3.63, 3.8) is 0 Å². The van der Waals surface area contributed by atoms with Crippen molar-refractivity contribution in [2.75, 3.05) is 20.1 Å². The van der Waals surface area contributed by atoms with E-state index in [4.69, 9.17) is 11.6 Å². The molecule has 1 aliphatic rings. The molecule has 0 N–H and O–H groups in total. The van der Waals surface area contributed by atoms with Crippen LogP contribution < -0.4 is 0 Å². The highest BCUT2D eigenvalue weighted by atomic mass is 35.5. The molecule has 35 heavy (non-hydrogen) atoms. The maximum atomic E-state index is 14.3. The fourth-order valence-corrected chi connectivity index (χ4v) is 5.11. The van der Waals surface area contributed by atoms with Gasteiger partial charge in [0.25, 0.3) is 11.8 Å². The van der Waals surface area contributed by atoms with Gasteiger partial charge in [0, 0.05) is 38.2 Å². The molecule has 1 unspecified atom stereocenters. The number of halogens is 2. The lowest BCUT2D eigenvalue weighted by atomic mass is 9.84. The van der Waals surface area contributed by atoms with E-state index in [0.29, 0.717) is 43.1 Å². The minimum absolute atomic E-state index is 0.00402. The smallest absolute Gasteiger partial charge is 0.272 e. The molecule has 1 atom stereocenters. The largest absolute Gasteiger partial charge is 0.339 e. The summed E-state index contributed by atoms with van der Waals surface area (Å²) in [6, 6.07) is 15.9. The molecule has 1 saturated heterocycles. The van der Waals surface area contributed by atoms with Gasteiger partial charge in [-0.05, 0) is 61.9 Å². The highest BCUT2D eigenvalue weighted by Crippen LogP contribution is 2.29. The van der Waals surface area contributed by atoms with Crippen LogP contribution >= 0.6 is 11.6 Å². The second kappa shape index (κ2) is 10.6. The van der Waals surface area contributed by atoms with Gasteiger partial charge < -0.3 is 9.80 Å². The summed E-state index contributed by atoms with van der Waals surface area (Å²) in [6.45, 7) is 2.86. The van der Waals surface area contributed by atoms with Crippen LogP contribution in [0.2, 0.25) is 5.02 Å². The van der Waals surface area contributed by atoms with Gasteiger partial charge in [-0.25, -0.2) is 4.39 Å². The molecular weight excluding hydrogens is 467 g/mol. The fraction of sp³-hybridized carbons (Fsp3) is 0.370. The standard InChI is InChI=1S/C27H30ClFN4O2/c1-18-15-25(32(3)30-18)27(35)31(2)24(16-19-7-5-4-6-8-19)20-11-13-33(14-12-20)26(34)22-17-21(28)9-10-23(22)29/h4-10,15,17,20,24H,11-14,16H2,1-3H3. The first-order valence-electron chi connectivity index (χ1n) is 11.8. The Morgan fingerprint density at radius 1 is 1.14 bits per heavy atom. The van der Waals surface area contributed by atoms with Gasteiger partial charge in [-0.3, -0.25) is 14.3 Å². The summed E-state index contributed by atoms with van der Waals surface area (Å²) in [5.41, 5.74) is 2.49. The van der Waals surface area contributed by atoms with Crippen molar-refractivity contribution in [1.29, 1.82) is 0 Å². The molecule has 0 saturated carbocycles. The third kappa shape index (κ3) is 5.56. The van der Waals surface area contributed by atoms with Crippen LogP contribution in [0.3, 0.4) is 0 Å². The molecule has 6 nitrogen and oxygen atoms in total. The van der Waals surface area contributed by atoms with Gasteiger partial charge >= 0.3 is 0 Å². The molecule has 1 aromatic heterocycles. The molecule has 1 aliphatic heterocycles. The lowest BCUT2D eigenvalue weighted by molar-refractivity contribution is 0.0514. The Hall–Kier alpha value is -3.19. The van der Waals surface area contributed by atoms with Crippen LogP contribution in [0.4, 0.5) is 4.39 Å². The van der Waals surface area contributed by atoms with E-state index < -0.39 is 5.82 Å². The second-order valence-electron chi connectivity index (χ2n) is 9.22. The summed E-state index contributed by atoms with van der Waals surface area (Å²) in [5.74, 6) is -0.807. The first-order chi connectivity index (χ1) is 16.7. The quantitative estimate of drug-likeness (QED) is 0.494. The summed E-state index contributed by atoms with van der Waals surface area (Å²) in [7, 11) is 3.62. The molecule has 2 amide bonds. The number of amides is 2. The van der Waals surface area contributed by atoms with Gasteiger partial charge in [0.05, 0.1) is 11.3 Å². The molecule has 0 radical (unpaired) electrons. The third-order valence-corrected chi connectivity index (χ3v) is 7.09. The van der Waals surface area contributed by atoms with Crippen molar-refractivity contribution in [1.82, 2.24) is 19.6 Å². The minimum Gasteiger partial charge on any atom is -0.339 e. The predicted octanol–water partition coefficient (Wildman–Crippen LogP) is 4.76. The Morgan fingerprint density at radius 2 is 1.83 bits per heavy atom. The number of likely N-dealkylation sites (N-methyl/N-ethyl adjacent to an activating group) is 1. The van der Waals surface area contributed by atoms with Crippen LogP contribution in [-0.4, -0.2) is 57.6 Å². The Kier molecular flexibility index (Phi) is 7.55. The van der Waals surface area contributed by atoms with E-state index in [1.165, 1.54) is 18.2 Å². The van der Waals surface area contributed by atoms with E-state index >= 15 is 0 Å². The zero-order valence-corrected chi connectivity index (χ0v) is 21.0. The highest BCUT2D eigenvalue weighted by molar-refractivity contribution is 6.31. The van der Waals surface area contributed by atoms with E-state index in [1.54, 1.807) is 22.7 Å². The molecule has 0 spiro atoms. The number of likely N-dealkylation sites (tertiary alicyclic amines) is 1. The Morgan fingerprint density at radius 3 is 2.46 bits per heavy atom. The number of hydrogen-bond acceptors (Lipinski definition) is 3. The molecule has 0 aliphatic carbocycles. The summed E-state index contributed by atoms with van der Waals surface area (Å²) in [5, 5.41) is 4.66. The Balaban J connectivity index is 1.52. The van der Waals surface area contributed by atoms with Gasteiger partial charge in [0.1, 0.15) is 11.5 Å². The van der Waals surface area contributed by atoms with Gasteiger partial charge in [0.2, 0.25) is 0 Å². The number of hydrogen-bond donors (Lipinski definition) is 0. The number of piperidine rings is 1. The van der Waals surface area contributed by atoms with E-state index in [0.717, 1.165) is 11.3 Å². The van der Waals surface area contributed by atoms with Gasteiger partial charge in [0.15, 0.2) is 0 Å².